The van der Waals surface area contributed by atoms with E-state index in [1.807, 2.05) is 11.5 Å². The van der Waals surface area contributed by atoms with Crippen LogP contribution in [0.4, 0.5) is 0 Å². The molecule has 0 aliphatic carbocycles. The first kappa shape index (κ1) is 11.8. The Morgan fingerprint density at radius 1 is 1.12 bits per heavy atom. The first-order valence-electron chi connectivity index (χ1n) is 5.82. The van der Waals surface area contributed by atoms with Crippen molar-refractivity contribution in [2.75, 3.05) is 0 Å². The van der Waals surface area contributed by atoms with Gasteiger partial charge >= 0.3 is 0 Å². The molecule has 0 aliphatic rings. The lowest BCUT2D eigenvalue weighted by Gasteiger charge is -2.06. The van der Waals surface area contributed by atoms with Gasteiger partial charge in [-0.1, -0.05) is 29.8 Å². The molecule has 0 spiro atoms. The first-order chi connectivity index (χ1) is 8.24. The number of aliphatic hydroxyl groups is 1. The van der Waals surface area contributed by atoms with E-state index >= 15 is 0 Å². The van der Waals surface area contributed by atoms with Gasteiger partial charge in [-0.2, -0.15) is 0 Å². The van der Waals surface area contributed by atoms with Crippen molar-refractivity contribution in [3.05, 3.63) is 47.0 Å². The number of rotatable bonds is 4. The molecule has 0 saturated heterocycles. The van der Waals surface area contributed by atoms with Crippen LogP contribution >= 0.6 is 0 Å². The van der Waals surface area contributed by atoms with Gasteiger partial charge in [-0.15, -0.1) is 10.2 Å². The molecule has 0 amide bonds. The number of benzene rings is 1. The Balaban J connectivity index is 2.23. The van der Waals surface area contributed by atoms with E-state index < -0.39 is 0 Å². The zero-order valence-corrected chi connectivity index (χ0v) is 10.2. The molecule has 1 aromatic heterocycles. The SMILES string of the molecule is CCn1c(CO)nnc1Cc1ccc(C)cc1. The fourth-order valence-corrected chi connectivity index (χ4v) is 1.87. The Bertz CT molecular complexity index is 488. The predicted molar refractivity (Wildman–Crippen MR) is 65.6 cm³/mol. The molecular formula is C13H17N3O. The molecule has 0 atom stereocenters. The van der Waals surface area contributed by atoms with Crippen LogP contribution < -0.4 is 0 Å². The summed E-state index contributed by atoms with van der Waals surface area (Å²) in [5, 5.41) is 17.3. The Hall–Kier alpha value is -1.68. The minimum Gasteiger partial charge on any atom is -0.388 e. The standard InChI is InChI=1S/C13H17N3O/c1-3-16-12(14-15-13(16)9-17)8-11-6-4-10(2)5-7-11/h4-7,17H,3,8-9H2,1-2H3. The largest absolute Gasteiger partial charge is 0.388 e. The van der Waals surface area contributed by atoms with Crippen LogP contribution in [0.5, 0.6) is 0 Å². The third-order valence-electron chi connectivity index (χ3n) is 2.84. The normalized spacial score (nSPS) is 10.8. The minimum absolute atomic E-state index is 0.0608. The van der Waals surface area contributed by atoms with E-state index in [-0.39, 0.29) is 6.61 Å². The van der Waals surface area contributed by atoms with E-state index in [1.54, 1.807) is 0 Å². The summed E-state index contributed by atoms with van der Waals surface area (Å²) in [6.45, 7) is 4.82. The van der Waals surface area contributed by atoms with E-state index in [0.29, 0.717) is 5.82 Å². The summed E-state index contributed by atoms with van der Waals surface area (Å²) in [5.41, 5.74) is 2.46. The molecule has 2 rings (SSSR count). The van der Waals surface area contributed by atoms with Gasteiger partial charge in [0.2, 0.25) is 0 Å². The summed E-state index contributed by atoms with van der Waals surface area (Å²) in [6.07, 6.45) is 0.751. The molecule has 0 bridgehead atoms. The molecule has 1 heterocycles. The molecule has 0 saturated carbocycles. The zero-order valence-electron chi connectivity index (χ0n) is 10.2. The molecular weight excluding hydrogens is 214 g/mol. The third-order valence-corrected chi connectivity index (χ3v) is 2.84. The zero-order chi connectivity index (χ0) is 12.3. The van der Waals surface area contributed by atoms with Gasteiger partial charge in [-0.05, 0) is 19.4 Å². The van der Waals surface area contributed by atoms with Crippen molar-refractivity contribution in [1.82, 2.24) is 14.8 Å². The molecule has 2 aromatic rings. The average Bonchev–Trinajstić information content (AvgIpc) is 2.74. The fourth-order valence-electron chi connectivity index (χ4n) is 1.87. The summed E-state index contributed by atoms with van der Waals surface area (Å²) in [5.74, 6) is 1.54. The van der Waals surface area contributed by atoms with Gasteiger partial charge in [0.05, 0.1) is 0 Å². The van der Waals surface area contributed by atoms with Crippen molar-refractivity contribution in [1.29, 1.82) is 0 Å². The number of aliphatic hydroxyl groups excluding tert-OH is 1. The van der Waals surface area contributed by atoms with Crippen molar-refractivity contribution in [2.24, 2.45) is 0 Å². The Morgan fingerprint density at radius 2 is 1.76 bits per heavy atom. The summed E-state index contributed by atoms with van der Waals surface area (Å²) >= 11 is 0. The van der Waals surface area contributed by atoms with Crippen LogP contribution in [0.3, 0.4) is 0 Å². The van der Waals surface area contributed by atoms with Gasteiger partial charge in [0.1, 0.15) is 12.4 Å². The average molecular weight is 231 g/mol. The van der Waals surface area contributed by atoms with Crippen LogP contribution in [0, 0.1) is 6.92 Å². The van der Waals surface area contributed by atoms with Gasteiger partial charge < -0.3 is 9.67 Å². The van der Waals surface area contributed by atoms with E-state index in [0.717, 1.165) is 18.8 Å². The summed E-state index contributed by atoms with van der Waals surface area (Å²) in [4.78, 5) is 0. The van der Waals surface area contributed by atoms with Crippen molar-refractivity contribution in [3.8, 4) is 0 Å². The lowest BCUT2D eigenvalue weighted by atomic mass is 10.1. The van der Waals surface area contributed by atoms with E-state index in [4.69, 9.17) is 5.11 Å². The number of hydrogen-bond donors (Lipinski definition) is 1. The third kappa shape index (κ3) is 2.53. The Labute approximate surface area is 101 Å². The molecule has 0 radical (unpaired) electrons. The maximum Gasteiger partial charge on any atom is 0.158 e. The smallest absolute Gasteiger partial charge is 0.158 e. The Kier molecular flexibility index (Phi) is 3.54. The molecule has 17 heavy (non-hydrogen) atoms. The highest BCUT2D eigenvalue weighted by molar-refractivity contribution is 5.24. The second-order valence-electron chi connectivity index (χ2n) is 4.10. The summed E-state index contributed by atoms with van der Waals surface area (Å²) in [7, 11) is 0. The van der Waals surface area contributed by atoms with Crippen molar-refractivity contribution in [3.63, 3.8) is 0 Å². The highest BCUT2D eigenvalue weighted by Gasteiger charge is 2.09. The van der Waals surface area contributed by atoms with Gasteiger partial charge in [0, 0.05) is 13.0 Å². The van der Waals surface area contributed by atoms with Gasteiger partial charge in [0.25, 0.3) is 0 Å². The Morgan fingerprint density at radius 3 is 2.35 bits per heavy atom. The predicted octanol–water partition coefficient (Wildman–Crippen LogP) is 1.69. The highest BCUT2D eigenvalue weighted by Crippen LogP contribution is 2.10. The van der Waals surface area contributed by atoms with Crippen molar-refractivity contribution < 1.29 is 5.11 Å². The molecule has 1 N–H and O–H groups in total. The van der Waals surface area contributed by atoms with Crippen LogP contribution in [0.2, 0.25) is 0 Å². The molecule has 1 aromatic carbocycles. The van der Waals surface area contributed by atoms with Gasteiger partial charge in [0.15, 0.2) is 5.82 Å². The molecule has 4 heteroatoms. The molecule has 4 nitrogen and oxygen atoms in total. The van der Waals surface area contributed by atoms with Crippen LogP contribution in [-0.2, 0) is 19.6 Å². The lowest BCUT2D eigenvalue weighted by Crippen LogP contribution is -2.06. The lowest BCUT2D eigenvalue weighted by molar-refractivity contribution is 0.264. The maximum atomic E-state index is 9.14. The number of nitrogens with zero attached hydrogens (tertiary/aromatic N) is 3. The highest BCUT2D eigenvalue weighted by atomic mass is 16.3. The van der Waals surface area contributed by atoms with Crippen molar-refractivity contribution >= 4 is 0 Å². The van der Waals surface area contributed by atoms with Crippen molar-refractivity contribution in [2.45, 2.75) is 33.4 Å². The molecule has 0 unspecified atom stereocenters. The quantitative estimate of drug-likeness (QED) is 0.871. The van der Waals surface area contributed by atoms with Crippen LogP contribution in [-0.4, -0.2) is 19.9 Å². The maximum absolute atomic E-state index is 9.14. The van der Waals surface area contributed by atoms with E-state index in [2.05, 4.69) is 41.4 Å². The van der Waals surface area contributed by atoms with Crippen LogP contribution in [0.1, 0.15) is 29.7 Å². The summed E-state index contributed by atoms with van der Waals surface area (Å²) < 4.78 is 1.96. The summed E-state index contributed by atoms with van der Waals surface area (Å²) in [6, 6.07) is 8.38. The monoisotopic (exact) mass is 231 g/mol. The van der Waals surface area contributed by atoms with E-state index in [9.17, 15) is 0 Å². The van der Waals surface area contributed by atoms with E-state index in [1.165, 1.54) is 11.1 Å². The second-order valence-corrected chi connectivity index (χ2v) is 4.10. The topological polar surface area (TPSA) is 50.9 Å². The van der Waals surface area contributed by atoms with Gasteiger partial charge in [-0.25, -0.2) is 0 Å². The minimum atomic E-state index is -0.0608. The van der Waals surface area contributed by atoms with Crippen LogP contribution in [0.15, 0.2) is 24.3 Å². The number of hydrogen-bond acceptors (Lipinski definition) is 3. The van der Waals surface area contributed by atoms with Gasteiger partial charge in [-0.3, -0.25) is 0 Å². The molecule has 0 aliphatic heterocycles. The number of aromatic nitrogens is 3. The van der Waals surface area contributed by atoms with Crippen LogP contribution in [0.25, 0.3) is 0 Å². The fraction of sp³-hybridized carbons (Fsp3) is 0.385. The molecule has 90 valence electrons. The first-order valence-corrected chi connectivity index (χ1v) is 5.82. The molecule has 0 fully saturated rings. The second kappa shape index (κ2) is 5.10. The number of aryl methyl sites for hydroxylation is 1.